The second kappa shape index (κ2) is 7.90. The fraction of sp³-hybridized carbons (Fsp3) is 0.500. The van der Waals surface area contributed by atoms with Crippen LogP contribution in [0, 0.1) is 16.7 Å². The summed E-state index contributed by atoms with van der Waals surface area (Å²) in [6.45, 7) is 2.91. The van der Waals surface area contributed by atoms with Crippen LogP contribution >= 0.6 is 11.3 Å². The molecule has 0 aliphatic carbocycles. The standard InChI is InChI=1S/C20H20F3N5O3S/c1-10(3-4-24)31-18(30)28-9-19(7-26-8-19)16(28)13-5-12(20(21,22)23)15-14(27-13)11(6-32-15)17(29)25-2/h5-6,10,16,26H,3,7-9H2,1-2H3,(H,25,29). The first kappa shape index (κ1) is 22.3. The molecule has 4 rings (SSSR count). The molecule has 2 fully saturated rings. The number of carbonyl (C=O) groups excluding carboxylic acids is 2. The van der Waals surface area contributed by atoms with Crippen molar-refractivity contribution in [2.45, 2.75) is 31.7 Å². The van der Waals surface area contributed by atoms with Crippen molar-refractivity contribution in [2.75, 3.05) is 26.7 Å². The van der Waals surface area contributed by atoms with Crippen LogP contribution in [-0.2, 0) is 10.9 Å². The topological polar surface area (TPSA) is 107 Å². The third-order valence-corrected chi connectivity index (χ3v) is 6.85. The number of hydrogen-bond acceptors (Lipinski definition) is 7. The zero-order valence-corrected chi connectivity index (χ0v) is 18.1. The second-order valence-corrected chi connectivity index (χ2v) is 8.93. The SMILES string of the molecule is CNC(=O)c1csc2c(C(F)(F)F)cc(C3N(C(=O)OC(C)CC#N)CC34CNC4)nc12. The van der Waals surface area contributed by atoms with Crippen LogP contribution in [0.25, 0.3) is 10.2 Å². The molecule has 0 bridgehead atoms. The summed E-state index contributed by atoms with van der Waals surface area (Å²) in [6, 6.07) is 2.14. The first-order valence-electron chi connectivity index (χ1n) is 9.87. The number of aromatic nitrogens is 1. The normalized spacial score (nSPS) is 20.2. The Kier molecular flexibility index (Phi) is 5.50. The van der Waals surface area contributed by atoms with Crippen molar-refractivity contribution in [1.29, 1.82) is 5.26 Å². The Labute approximate surface area is 185 Å². The lowest BCUT2D eigenvalue weighted by Crippen LogP contribution is -2.73. The number of alkyl halides is 3. The highest BCUT2D eigenvalue weighted by Crippen LogP contribution is 2.52. The number of likely N-dealkylation sites (tertiary alicyclic amines) is 1. The minimum Gasteiger partial charge on any atom is -0.445 e. The lowest BCUT2D eigenvalue weighted by atomic mass is 9.65. The first-order chi connectivity index (χ1) is 15.1. The summed E-state index contributed by atoms with van der Waals surface area (Å²) in [5.74, 6) is -0.538. The van der Waals surface area contributed by atoms with Gasteiger partial charge in [0.15, 0.2) is 0 Å². The van der Waals surface area contributed by atoms with E-state index in [2.05, 4.69) is 15.6 Å². The van der Waals surface area contributed by atoms with Gasteiger partial charge in [-0.2, -0.15) is 18.4 Å². The molecule has 2 aromatic heterocycles. The Morgan fingerprint density at radius 3 is 2.78 bits per heavy atom. The lowest BCUT2D eigenvalue weighted by Gasteiger charge is -2.61. The van der Waals surface area contributed by atoms with Crippen molar-refractivity contribution in [3.05, 3.63) is 28.3 Å². The number of pyridine rings is 1. The van der Waals surface area contributed by atoms with Gasteiger partial charge in [0, 0.05) is 37.5 Å². The van der Waals surface area contributed by atoms with Gasteiger partial charge in [-0.25, -0.2) is 9.78 Å². The van der Waals surface area contributed by atoms with Crippen molar-refractivity contribution in [2.24, 2.45) is 5.41 Å². The molecule has 2 aliphatic heterocycles. The number of nitrogens with zero attached hydrogens (tertiary/aromatic N) is 3. The smallest absolute Gasteiger partial charge is 0.417 e. The van der Waals surface area contributed by atoms with E-state index in [-0.39, 0.29) is 27.9 Å². The molecule has 0 aromatic carbocycles. The molecule has 8 nitrogen and oxygen atoms in total. The van der Waals surface area contributed by atoms with Gasteiger partial charge in [0.2, 0.25) is 0 Å². The maximum Gasteiger partial charge on any atom is 0.417 e. The fourth-order valence-corrected chi connectivity index (χ4v) is 5.24. The molecular formula is C20H20F3N5O3S. The Bertz CT molecular complexity index is 1120. The maximum absolute atomic E-state index is 13.9. The zero-order chi connectivity index (χ0) is 23.3. The Hall–Kier alpha value is -2.91. The molecule has 2 aromatic rings. The number of thiophene rings is 1. The third-order valence-electron chi connectivity index (χ3n) is 5.85. The molecule has 2 N–H and O–H groups in total. The average molecular weight is 467 g/mol. The predicted molar refractivity (Wildman–Crippen MR) is 109 cm³/mol. The summed E-state index contributed by atoms with van der Waals surface area (Å²) in [7, 11) is 1.39. The average Bonchev–Trinajstić information content (AvgIpc) is 3.08. The molecule has 2 saturated heterocycles. The third kappa shape index (κ3) is 3.55. The molecule has 12 heteroatoms. The largest absolute Gasteiger partial charge is 0.445 e. The first-order valence-corrected chi connectivity index (χ1v) is 10.8. The fourth-order valence-electron chi connectivity index (χ4n) is 4.21. The number of hydrogen-bond donors (Lipinski definition) is 2. The number of nitriles is 1. The van der Waals surface area contributed by atoms with Crippen LogP contribution in [-0.4, -0.2) is 54.7 Å². The van der Waals surface area contributed by atoms with Crippen LogP contribution in [0.1, 0.15) is 41.0 Å². The highest BCUT2D eigenvalue weighted by Gasteiger charge is 2.60. The van der Waals surface area contributed by atoms with E-state index in [1.54, 1.807) is 6.92 Å². The van der Waals surface area contributed by atoms with E-state index in [1.807, 2.05) is 6.07 Å². The number of ether oxygens (including phenoxy) is 1. The van der Waals surface area contributed by atoms with E-state index < -0.39 is 41.3 Å². The molecule has 2 amide bonds. The van der Waals surface area contributed by atoms with Gasteiger partial charge in [-0.15, -0.1) is 11.3 Å². The van der Waals surface area contributed by atoms with Crippen LogP contribution in [0.15, 0.2) is 11.4 Å². The monoisotopic (exact) mass is 467 g/mol. The van der Waals surface area contributed by atoms with Gasteiger partial charge in [0.05, 0.1) is 45.6 Å². The minimum atomic E-state index is -4.66. The van der Waals surface area contributed by atoms with E-state index in [0.717, 1.165) is 17.4 Å². The Morgan fingerprint density at radius 2 is 2.22 bits per heavy atom. The predicted octanol–water partition coefficient (Wildman–Crippen LogP) is 3.06. The van der Waals surface area contributed by atoms with Crippen molar-refractivity contribution >= 4 is 33.6 Å². The lowest BCUT2D eigenvalue weighted by molar-refractivity contribution is -0.136. The molecule has 170 valence electrons. The molecule has 1 spiro atoms. The van der Waals surface area contributed by atoms with E-state index in [0.29, 0.717) is 19.6 Å². The van der Waals surface area contributed by atoms with E-state index >= 15 is 0 Å². The van der Waals surface area contributed by atoms with E-state index in [4.69, 9.17) is 10.00 Å². The summed E-state index contributed by atoms with van der Waals surface area (Å²) in [6.07, 6.45) is -6.02. The molecule has 2 aliphatic rings. The summed E-state index contributed by atoms with van der Waals surface area (Å²) < 4.78 is 46.9. The van der Waals surface area contributed by atoms with E-state index in [9.17, 15) is 22.8 Å². The molecular weight excluding hydrogens is 447 g/mol. The van der Waals surface area contributed by atoms with Crippen LogP contribution in [0.5, 0.6) is 0 Å². The molecule has 0 radical (unpaired) electrons. The van der Waals surface area contributed by atoms with Crippen LogP contribution in [0.4, 0.5) is 18.0 Å². The number of fused-ring (bicyclic) bond motifs is 1. The zero-order valence-electron chi connectivity index (χ0n) is 17.2. The summed E-state index contributed by atoms with van der Waals surface area (Å²) in [5, 5.41) is 15.7. The number of rotatable bonds is 4. The maximum atomic E-state index is 13.9. The summed E-state index contributed by atoms with van der Waals surface area (Å²) >= 11 is 0.806. The molecule has 2 atom stereocenters. The molecule has 0 saturated carbocycles. The van der Waals surface area contributed by atoms with Gasteiger partial charge in [0.1, 0.15) is 6.10 Å². The molecule has 2 unspecified atom stereocenters. The van der Waals surface area contributed by atoms with Gasteiger partial charge in [0.25, 0.3) is 5.91 Å². The van der Waals surface area contributed by atoms with Crippen molar-refractivity contribution in [3.8, 4) is 6.07 Å². The van der Waals surface area contributed by atoms with Gasteiger partial charge in [-0.1, -0.05) is 0 Å². The minimum absolute atomic E-state index is 0.00374. The van der Waals surface area contributed by atoms with Crippen molar-refractivity contribution < 1.29 is 27.5 Å². The number of carbonyl (C=O) groups is 2. The van der Waals surface area contributed by atoms with Gasteiger partial charge in [-0.3, -0.25) is 9.69 Å². The van der Waals surface area contributed by atoms with Crippen LogP contribution in [0.3, 0.4) is 0 Å². The van der Waals surface area contributed by atoms with Crippen LogP contribution in [0.2, 0.25) is 0 Å². The van der Waals surface area contributed by atoms with Gasteiger partial charge in [-0.05, 0) is 13.0 Å². The number of amides is 2. The number of nitrogens with one attached hydrogen (secondary N) is 2. The van der Waals surface area contributed by atoms with E-state index in [1.165, 1.54) is 17.3 Å². The summed E-state index contributed by atoms with van der Waals surface area (Å²) in [5.41, 5.74) is -1.27. The summed E-state index contributed by atoms with van der Waals surface area (Å²) in [4.78, 5) is 30.7. The molecule has 4 heterocycles. The van der Waals surface area contributed by atoms with Crippen LogP contribution < -0.4 is 10.6 Å². The molecule has 32 heavy (non-hydrogen) atoms. The van der Waals surface area contributed by atoms with Crippen molar-refractivity contribution in [3.63, 3.8) is 0 Å². The second-order valence-electron chi connectivity index (χ2n) is 8.05. The van der Waals surface area contributed by atoms with Gasteiger partial charge < -0.3 is 15.4 Å². The van der Waals surface area contributed by atoms with Gasteiger partial charge >= 0.3 is 12.3 Å². The van der Waals surface area contributed by atoms with Crippen molar-refractivity contribution in [1.82, 2.24) is 20.5 Å². The highest BCUT2D eigenvalue weighted by molar-refractivity contribution is 7.17. The number of halogens is 3. The Morgan fingerprint density at radius 1 is 1.50 bits per heavy atom. The quantitative estimate of drug-likeness (QED) is 0.716. The highest BCUT2D eigenvalue weighted by atomic mass is 32.1. The Balaban J connectivity index is 1.79.